The number of hydrogen-bond acceptors (Lipinski definition) is 15. The van der Waals surface area contributed by atoms with E-state index in [1.54, 1.807) is 0 Å². The third-order valence-corrected chi connectivity index (χ3v) is 21.1. The van der Waals surface area contributed by atoms with E-state index in [9.17, 15) is 43.2 Å². The zero-order chi connectivity index (χ0) is 74.2. The van der Waals surface area contributed by atoms with Crippen LogP contribution < -0.4 is 0 Å². The van der Waals surface area contributed by atoms with Crippen molar-refractivity contribution in [1.29, 1.82) is 0 Å². The van der Waals surface area contributed by atoms with Crippen molar-refractivity contribution in [3.05, 3.63) is 0 Å². The van der Waals surface area contributed by atoms with Gasteiger partial charge in [0.25, 0.3) is 0 Å². The van der Waals surface area contributed by atoms with Crippen LogP contribution in [0, 0.1) is 11.8 Å². The Morgan fingerprint density at radius 3 is 0.673 bits per heavy atom. The molecular formula is C82H160O17P2. The lowest BCUT2D eigenvalue weighted by Gasteiger charge is -2.21. The first-order valence-electron chi connectivity index (χ1n) is 42.5. The Kier molecular flexibility index (Phi) is 72.2. The molecule has 0 aliphatic carbocycles. The van der Waals surface area contributed by atoms with E-state index < -0.39 is 97.5 Å². The Hall–Kier alpha value is -1.94. The first-order chi connectivity index (χ1) is 48.9. The Labute approximate surface area is 619 Å². The summed E-state index contributed by atoms with van der Waals surface area (Å²) in [5.74, 6) is -0.524. The van der Waals surface area contributed by atoms with Crippen LogP contribution in [0.3, 0.4) is 0 Å². The molecule has 0 amide bonds. The predicted octanol–water partition coefficient (Wildman–Crippen LogP) is 24.7. The van der Waals surface area contributed by atoms with Crippen LogP contribution >= 0.6 is 15.6 Å². The van der Waals surface area contributed by atoms with Crippen LogP contribution in [-0.2, 0) is 65.4 Å². The first-order valence-corrected chi connectivity index (χ1v) is 45.5. The first kappa shape index (κ1) is 99.1. The van der Waals surface area contributed by atoms with Gasteiger partial charge in [0.2, 0.25) is 0 Å². The molecule has 0 aromatic rings. The molecule has 0 aromatic carbocycles. The van der Waals surface area contributed by atoms with Gasteiger partial charge in [0.1, 0.15) is 19.3 Å². The van der Waals surface area contributed by atoms with E-state index in [2.05, 4.69) is 41.5 Å². The molecule has 0 radical (unpaired) electrons. The highest BCUT2D eigenvalue weighted by atomic mass is 31.2. The van der Waals surface area contributed by atoms with Gasteiger partial charge in [0, 0.05) is 25.7 Å². The van der Waals surface area contributed by atoms with Gasteiger partial charge in [-0.05, 0) is 37.5 Å². The van der Waals surface area contributed by atoms with Gasteiger partial charge in [0.05, 0.1) is 26.4 Å². The number of esters is 4. The summed E-state index contributed by atoms with van der Waals surface area (Å²) in [6, 6.07) is 0. The van der Waals surface area contributed by atoms with Gasteiger partial charge in [-0.2, -0.15) is 0 Å². The lowest BCUT2D eigenvalue weighted by molar-refractivity contribution is -0.161. The molecule has 3 N–H and O–H groups in total. The van der Waals surface area contributed by atoms with E-state index in [1.807, 2.05) is 0 Å². The molecule has 0 saturated heterocycles. The zero-order valence-electron chi connectivity index (χ0n) is 66.2. The fourth-order valence-electron chi connectivity index (χ4n) is 12.7. The molecule has 0 aromatic heterocycles. The van der Waals surface area contributed by atoms with E-state index in [4.69, 9.17) is 37.0 Å². The SMILES string of the molecule is CCCCCCCCCCCCCCCCCCCCCCC(=O)O[C@H](COC(=O)CCCCCCCCCCCCCCCCC(C)C)COP(=O)(O)OC[C@@H](O)COP(=O)(O)OC[C@@H](COC(=O)CCCCCCCCCC)OC(=O)CCCCCCCCCCCCCCCC(C)C. The Morgan fingerprint density at radius 1 is 0.267 bits per heavy atom. The van der Waals surface area contributed by atoms with Crippen LogP contribution in [0.1, 0.15) is 433 Å². The van der Waals surface area contributed by atoms with Crippen molar-refractivity contribution in [3.8, 4) is 0 Å². The Bertz CT molecular complexity index is 1940. The maximum absolute atomic E-state index is 13.1. The number of phosphoric acid groups is 2. The molecule has 0 heterocycles. The van der Waals surface area contributed by atoms with Gasteiger partial charge in [-0.15, -0.1) is 0 Å². The number of aliphatic hydroxyl groups is 1. The number of aliphatic hydroxyl groups excluding tert-OH is 1. The molecule has 0 spiro atoms. The van der Waals surface area contributed by atoms with E-state index >= 15 is 0 Å². The molecule has 5 atom stereocenters. The molecule has 0 saturated carbocycles. The van der Waals surface area contributed by atoms with Crippen molar-refractivity contribution < 1.29 is 80.2 Å². The third-order valence-electron chi connectivity index (χ3n) is 19.2. The highest BCUT2D eigenvalue weighted by Crippen LogP contribution is 2.45. The van der Waals surface area contributed by atoms with Crippen molar-refractivity contribution in [3.63, 3.8) is 0 Å². The smallest absolute Gasteiger partial charge is 0.462 e. The molecular weight excluding hydrogens is 1320 g/mol. The molecule has 600 valence electrons. The van der Waals surface area contributed by atoms with Gasteiger partial charge >= 0.3 is 39.5 Å². The van der Waals surface area contributed by atoms with Gasteiger partial charge in [-0.3, -0.25) is 37.3 Å². The minimum Gasteiger partial charge on any atom is -0.462 e. The lowest BCUT2D eigenvalue weighted by Crippen LogP contribution is -2.30. The molecule has 17 nitrogen and oxygen atoms in total. The number of ether oxygens (including phenoxy) is 4. The van der Waals surface area contributed by atoms with Gasteiger partial charge in [0.15, 0.2) is 12.2 Å². The highest BCUT2D eigenvalue weighted by Gasteiger charge is 2.30. The third kappa shape index (κ3) is 76.1. The molecule has 0 fully saturated rings. The lowest BCUT2D eigenvalue weighted by atomic mass is 10.0. The summed E-state index contributed by atoms with van der Waals surface area (Å²) in [5.41, 5.74) is 0. The maximum atomic E-state index is 13.1. The number of rotatable bonds is 81. The summed E-state index contributed by atoms with van der Waals surface area (Å²) < 4.78 is 68.7. The van der Waals surface area contributed by atoms with Crippen molar-refractivity contribution in [2.45, 2.75) is 452 Å². The van der Waals surface area contributed by atoms with Crippen molar-refractivity contribution >= 4 is 39.5 Å². The normalized spacial score (nSPS) is 13.9. The Morgan fingerprint density at radius 2 is 0.455 bits per heavy atom. The second kappa shape index (κ2) is 73.6. The topological polar surface area (TPSA) is 237 Å². The molecule has 0 bridgehead atoms. The number of hydrogen-bond donors (Lipinski definition) is 3. The monoisotopic (exact) mass is 1480 g/mol. The van der Waals surface area contributed by atoms with E-state index in [1.165, 1.54) is 244 Å². The summed E-state index contributed by atoms with van der Waals surface area (Å²) in [6.45, 7) is 9.66. The van der Waals surface area contributed by atoms with Gasteiger partial charge < -0.3 is 33.8 Å². The zero-order valence-corrected chi connectivity index (χ0v) is 68.0. The molecule has 19 heteroatoms. The van der Waals surface area contributed by atoms with Crippen LogP contribution in [0.25, 0.3) is 0 Å². The van der Waals surface area contributed by atoms with Crippen molar-refractivity contribution in [1.82, 2.24) is 0 Å². The number of phosphoric ester groups is 2. The summed E-state index contributed by atoms with van der Waals surface area (Å²) in [5, 5.41) is 10.6. The minimum absolute atomic E-state index is 0.107. The van der Waals surface area contributed by atoms with E-state index in [0.717, 1.165) is 108 Å². The quantitative estimate of drug-likeness (QED) is 0.0222. The van der Waals surface area contributed by atoms with Crippen molar-refractivity contribution in [2.24, 2.45) is 11.8 Å². The molecule has 2 unspecified atom stereocenters. The Balaban J connectivity index is 5.20. The number of unbranched alkanes of at least 4 members (excludes halogenated alkanes) is 51. The largest absolute Gasteiger partial charge is 0.472 e. The van der Waals surface area contributed by atoms with E-state index in [0.29, 0.717) is 25.7 Å². The average Bonchev–Trinajstić information content (AvgIpc) is 0.991. The predicted molar refractivity (Wildman–Crippen MR) is 414 cm³/mol. The van der Waals surface area contributed by atoms with Crippen LogP contribution in [0.2, 0.25) is 0 Å². The van der Waals surface area contributed by atoms with Crippen LogP contribution in [-0.4, -0.2) is 96.7 Å². The summed E-state index contributed by atoms with van der Waals surface area (Å²) in [7, 11) is -9.92. The molecule has 0 aliphatic heterocycles. The number of carbonyl (C=O) groups excluding carboxylic acids is 4. The highest BCUT2D eigenvalue weighted by molar-refractivity contribution is 7.47. The number of carbonyl (C=O) groups is 4. The van der Waals surface area contributed by atoms with Crippen molar-refractivity contribution in [2.75, 3.05) is 39.6 Å². The second-order valence-electron chi connectivity index (χ2n) is 30.5. The standard InChI is InChI=1S/C82H160O17P2/c1-7-9-11-13-15-17-18-19-20-21-22-23-24-25-32-37-42-48-54-60-66-82(87)99-78(71-93-80(85)65-59-53-47-41-36-31-27-26-29-34-39-44-50-56-62-74(3)4)73-97-101(90,91)95-69-76(83)68-94-100(88,89)96-72-77(70-92-79(84)64-58-52-46-16-14-12-10-8-2)98-81(86)67-61-55-49-43-38-33-28-30-35-40-45-51-57-63-75(5)6/h74-78,83H,7-73H2,1-6H3,(H,88,89)(H,90,91)/t76-,77+,78+/m0/s1. The van der Waals surface area contributed by atoms with Gasteiger partial charge in [-0.25, -0.2) is 9.13 Å². The second-order valence-corrected chi connectivity index (χ2v) is 33.4. The minimum atomic E-state index is -4.96. The molecule has 0 rings (SSSR count). The summed E-state index contributed by atoms with van der Waals surface area (Å²) in [6.07, 6.45) is 63.9. The summed E-state index contributed by atoms with van der Waals surface area (Å²) >= 11 is 0. The van der Waals surface area contributed by atoms with Crippen LogP contribution in [0.5, 0.6) is 0 Å². The molecule has 101 heavy (non-hydrogen) atoms. The molecule has 0 aliphatic rings. The van der Waals surface area contributed by atoms with Crippen LogP contribution in [0.4, 0.5) is 0 Å². The fourth-order valence-corrected chi connectivity index (χ4v) is 14.3. The van der Waals surface area contributed by atoms with Gasteiger partial charge in [-0.1, -0.05) is 382 Å². The van der Waals surface area contributed by atoms with Crippen LogP contribution in [0.15, 0.2) is 0 Å². The summed E-state index contributed by atoms with van der Waals surface area (Å²) in [4.78, 5) is 73.0. The fraction of sp³-hybridized carbons (Fsp3) is 0.951. The maximum Gasteiger partial charge on any atom is 0.472 e. The van der Waals surface area contributed by atoms with E-state index in [-0.39, 0.29) is 25.7 Å². The average molecular weight is 1480 g/mol.